The lowest BCUT2D eigenvalue weighted by Crippen LogP contribution is -2.22. The van der Waals surface area contributed by atoms with E-state index < -0.39 is 0 Å². The van der Waals surface area contributed by atoms with Crippen LogP contribution in [0, 0.1) is 0 Å². The van der Waals surface area contributed by atoms with Crippen LogP contribution >= 0.6 is 11.3 Å². The van der Waals surface area contributed by atoms with E-state index in [0.717, 1.165) is 28.1 Å². The van der Waals surface area contributed by atoms with E-state index in [1.54, 1.807) is 0 Å². The van der Waals surface area contributed by atoms with Crippen molar-refractivity contribution in [3.8, 4) is 67.3 Å². The SMILES string of the molecule is CC1(c2ccccc2)c2ccccc2-c2ccc(-c3cc(-c4ccc(-c5ccccc5-c5cccc6c5sc5ccccc56)cc4)nc(-c4ccccc4)n3)cc21. The Morgan fingerprint density at radius 1 is 0.386 bits per heavy atom. The fraction of sp³-hybridized carbons (Fsp3) is 0.0370. The standard InChI is InChI=1S/C54H36N2S/c1-54(39-17-6-3-7-18-39)47-25-12-10-21-42(47)43-32-31-38(33-48(43)54)50-34-49(55-53(56-50)37-15-4-2-5-16-37)36-29-27-35(28-30-36)40-19-8-9-20-41(40)45-23-14-24-46-44-22-11-13-26-51(44)57-52(45)46/h2-34H,1H3. The summed E-state index contributed by atoms with van der Waals surface area (Å²) in [6, 6.07) is 72.1. The minimum Gasteiger partial charge on any atom is -0.228 e. The molecule has 0 bridgehead atoms. The van der Waals surface area contributed by atoms with E-state index in [-0.39, 0.29) is 5.41 Å². The molecule has 0 saturated carbocycles. The summed E-state index contributed by atoms with van der Waals surface area (Å²) in [5, 5.41) is 2.63. The Bertz CT molecular complexity index is 3130. The van der Waals surface area contributed by atoms with Crippen LogP contribution in [0.3, 0.4) is 0 Å². The quantitative estimate of drug-likeness (QED) is 0.169. The number of thiophene rings is 1. The van der Waals surface area contributed by atoms with Gasteiger partial charge in [-0.05, 0) is 69.6 Å². The minimum atomic E-state index is -0.296. The number of benzene rings is 8. The number of aromatic nitrogens is 2. The van der Waals surface area contributed by atoms with Crippen LogP contribution in [0.1, 0.15) is 23.6 Å². The molecule has 11 rings (SSSR count). The predicted octanol–water partition coefficient (Wildman–Crippen LogP) is 14.5. The first-order valence-electron chi connectivity index (χ1n) is 19.5. The highest BCUT2D eigenvalue weighted by Gasteiger charge is 2.40. The van der Waals surface area contributed by atoms with Gasteiger partial charge in [-0.3, -0.25) is 0 Å². The van der Waals surface area contributed by atoms with E-state index in [9.17, 15) is 0 Å². The molecule has 1 unspecified atom stereocenters. The summed E-state index contributed by atoms with van der Waals surface area (Å²) in [6.07, 6.45) is 0. The Kier molecular flexibility index (Phi) is 7.84. The molecule has 2 heterocycles. The third kappa shape index (κ3) is 5.46. The maximum Gasteiger partial charge on any atom is 0.160 e. The third-order valence-electron chi connectivity index (χ3n) is 11.8. The van der Waals surface area contributed by atoms with Gasteiger partial charge in [0, 0.05) is 47.8 Å². The normalized spacial score (nSPS) is 14.5. The van der Waals surface area contributed by atoms with Gasteiger partial charge in [-0.1, -0.05) is 182 Å². The first-order chi connectivity index (χ1) is 28.1. The molecule has 3 heteroatoms. The van der Waals surface area contributed by atoms with Gasteiger partial charge in [-0.2, -0.15) is 0 Å². The molecule has 268 valence electrons. The molecule has 2 nitrogen and oxygen atoms in total. The second-order valence-corrected chi connectivity index (χ2v) is 16.1. The van der Waals surface area contributed by atoms with Crippen molar-refractivity contribution in [3.05, 3.63) is 217 Å². The van der Waals surface area contributed by atoms with Crippen molar-refractivity contribution in [1.82, 2.24) is 9.97 Å². The summed E-state index contributed by atoms with van der Waals surface area (Å²) in [5.74, 6) is 0.712. The lowest BCUT2D eigenvalue weighted by atomic mass is 9.74. The third-order valence-corrected chi connectivity index (χ3v) is 13.1. The molecule has 0 fully saturated rings. The van der Waals surface area contributed by atoms with Gasteiger partial charge in [0.15, 0.2) is 5.82 Å². The zero-order valence-corrected chi connectivity index (χ0v) is 32.2. The first-order valence-corrected chi connectivity index (χ1v) is 20.3. The maximum absolute atomic E-state index is 5.24. The predicted molar refractivity (Wildman–Crippen MR) is 240 cm³/mol. The smallest absolute Gasteiger partial charge is 0.160 e. The van der Waals surface area contributed by atoms with Crippen LogP contribution in [0.25, 0.3) is 87.5 Å². The molecule has 57 heavy (non-hydrogen) atoms. The Morgan fingerprint density at radius 2 is 0.965 bits per heavy atom. The van der Waals surface area contributed by atoms with Crippen LogP contribution in [0.15, 0.2) is 200 Å². The van der Waals surface area contributed by atoms with Gasteiger partial charge in [0.2, 0.25) is 0 Å². The Balaban J connectivity index is 1.02. The Labute approximate surface area is 336 Å². The Morgan fingerprint density at radius 3 is 1.77 bits per heavy atom. The second-order valence-electron chi connectivity index (χ2n) is 15.0. The molecular formula is C54H36N2S. The number of nitrogens with zero attached hydrogens (tertiary/aromatic N) is 2. The molecule has 0 aliphatic heterocycles. The molecule has 10 aromatic rings. The average Bonchev–Trinajstić information content (AvgIpc) is 3.80. The fourth-order valence-corrected chi connectivity index (χ4v) is 10.2. The van der Waals surface area contributed by atoms with Crippen LogP contribution in [-0.4, -0.2) is 9.97 Å². The summed E-state index contributed by atoms with van der Waals surface area (Å²) in [4.78, 5) is 10.4. The van der Waals surface area contributed by atoms with Gasteiger partial charge in [-0.25, -0.2) is 9.97 Å². The summed E-state index contributed by atoms with van der Waals surface area (Å²) in [7, 11) is 0. The maximum atomic E-state index is 5.24. The van der Waals surface area contributed by atoms with Crippen molar-refractivity contribution in [2.75, 3.05) is 0 Å². The van der Waals surface area contributed by atoms with Crippen LogP contribution in [0.4, 0.5) is 0 Å². The molecule has 8 aromatic carbocycles. The lowest BCUT2D eigenvalue weighted by molar-refractivity contribution is 0.714. The Hall–Kier alpha value is -6.94. The molecule has 0 radical (unpaired) electrons. The van der Waals surface area contributed by atoms with Gasteiger partial charge in [-0.15, -0.1) is 11.3 Å². The first kappa shape index (κ1) is 33.4. The zero-order chi connectivity index (χ0) is 37.9. The van der Waals surface area contributed by atoms with Crippen LogP contribution in [0.5, 0.6) is 0 Å². The number of hydrogen-bond donors (Lipinski definition) is 0. The molecule has 0 amide bonds. The lowest BCUT2D eigenvalue weighted by Gasteiger charge is -2.28. The van der Waals surface area contributed by atoms with E-state index >= 15 is 0 Å². The van der Waals surface area contributed by atoms with Gasteiger partial charge >= 0.3 is 0 Å². The monoisotopic (exact) mass is 744 g/mol. The van der Waals surface area contributed by atoms with Gasteiger partial charge < -0.3 is 0 Å². The molecule has 0 spiro atoms. The van der Waals surface area contributed by atoms with Crippen molar-refractivity contribution in [2.24, 2.45) is 0 Å². The second kappa shape index (κ2) is 13.4. The number of fused-ring (bicyclic) bond motifs is 6. The largest absolute Gasteiger partial charge is 0.228 e. The van der Waals surface area contributed by atoms with Crippen molar-refractivity contribution >= 4 is 31.5 Å². The summed E-state index contributed by atoms with van der Waals surface area (Å²) < 4.78 is 2.64. The summed E-state index contributed by atoms with van der Waals surface area (Å²) in [5.41, 5.74) is 16.0. The molecule has 1 aliphatic carbocycles. The fourth-order valence-electron chi connectivity index (χ4n) is 8.94. The van der Waals surface area contributed by atoms with Crippen molar-refractivity contribution in [1.29, 1.82) is 0 Å². The molecule has 2 aromatic heterocycles. The summed E-state index contributed by atoms with van der Waals surface area (Å²) >= 11 is 1.87. The topological polar surface area (TPSA) is 25.8 Å². The van der Waals surface area contributed by atoms with Gasteiger partial charge in [0.05, 0.1) is 11.4 Å². The number of hydrogen-bond acceptors (Lipinski definition) is 3. The van der Waals surface area contributed by atoms with Crippen LogP contribution in [-0.2, 0) is 5.41 Å². The van der Waals surface area contributed by atoms with Crippen LogP contribution < -0.4 is 0 Å². The van der Waals surface area contributed by atoms with E-state index in [2.05, 4.69) is 201 Å². The van der Waals surface area contributed by atoms with Crippen LogP contribution in [0.2, 0.25) is 0 Å². The molecular weight excluding hydrogens is 709 g/mol. The van der Waals surface area contributed by atoms with E-state index in [1.165, 1.54) is 70.2 Å². The zero-order valence-electron chi connectivity index (χ0n) is 31.4. The molecule has 0 N–H and O–H groups in total. The molecule has 1 atom stereocenters. The van der Waals surface area contributed by atoms with Gasteiger partial charge in [0.25, 0.3) is 0 Å². The van der Waals surface area contributed by atoms with Crippen molar-refractivity contribution < 1.29 is 0 Å². The highest BCUT2D eigenvalue weighted by atomic mass is 32.1. The number of rotatable bonds is 6. The van der Waals surface area contributed by atoms with E-state index in [0.29, 0.717) is 5.82 Å². The average molecular weight is 745 g/mol. The molecule has 0 saturated heterocycles. The van der Waals surface area contributed by atoms with E-state index in [1.807, 2.05) is 17.4 Å². The molecule has 1 aliphatic rings. The minimum absolute atomic E-state index is 0.296. The van der Waals surface area contributed by atoms with Crippen molar-refractivity contribution in [2.45, 2.75) is 12.3 Å². The van der Waals surface area contributed by atoms with E-state index in [4.69, 9.17) is 9.97 Å². The highest BCUT2D eigenvalue weighted by Crippen LogP contribution is 2.53. The van der Waals surface area contributed by atoms with Gasteiger partial charge in [0.1, 0.15) is 0 Å². The summed E-state index contributed by atoms with van der Waals surface area (Å²) in [6.45, 7) is 2.36. The highest BCUT2D eigenvalue weighted by molar-refractivity contribution is 7.26. The van der Waals surface area contributed by atoms with Crippen molar-refractivity contribution in [3.63, 3.8) is 0 Å².